The number of benzene rings is 1. The van der Waals surface area contributed by atoms with Crippen molar-refractivity contribution in [2.75, 3.05) is 19.7 Å². The second-order valence-corrected chi connectivity index (χ2v) is 5.08. The summed E-state index contributed by atoms with van der Waals surface area (Å²) in [6.07, 6.45) is 5.71. The number of aryl methyl sites for hydroxylation is 1. The highest BCUT2D eigenvalue weighted by Gasteiger charge is 2.15. The number of rotatable bonds is 4. The normalized spacial score (nSPS) is 15.9. The van der Waals surface area contributed by atoms with Gasteiger partial charge >= 0.3 is 0 Å². The smallest absolute Gasteiger partial charge is 0.260 e. The average Bonchev–Trinajstić information content (AvgIpc) is 2.74. The van der Waals surface area contributed by atoms with Crippen LogP contribution in [0.1, 0.15) is 38.2 Å². The molecule has 0 aliphatic carbocycles. The Morgan fingerprint density at radius 1 is 1.21 bits per heavy atom. The number of likely N-dealkylation sites (tertiary alicyclic amines) is 1. The third kappa shape index (κ3) is 4.27. The molecule has 0 unspecified atom stereocenters. The lowest BCUT2D eigenvalue weighted by Gasteiger charge is -2.20. The molecule has 1 fully saturated rings. The molecule has 0 radical (unpaired) electrons. The minimum Gasteiger partial charge on any atom is -0.484 e. The fourth-order valence-electron chi connectivity index (χ4n) is 2.41. The maximum absolute atomic E-state index is 12.1. The molecule has 19 heavy (non-hydrogen) atoms. The molecule has 1 amide bonds. The number of hydrogen-bond donors (Lipinski definition) is 0. The molecule has 2 rings (SSSR count). The molecule has 104 valence electrons. The Bertz CT molecular complexity index is 409. The predicted octanol–water partition coefficient (Wildman–Crippen LogP) is 3.03. The van der Waals surface area contributed by atoms with Gasteiger partial charge in [-0.3, -0.25) is 4.79 Å². The zero-order valence-electron chi connectivity index (χ0n) is 11.7. The highest BCUT2D eigenvalue weighted by atomic mass is 16.5. The van der Waals surface area contributed by atoms with Crippen LogP contribution in [0.3, 0.4) is 0 Å². The molecule has 0 spiro atoms. The van der Waals surface area contributed by atoms with Gasteiger partial charge in [0.05, 0.1) is 0 Å². The van der Waals surface area contributed by atoms with Gasteiger partial charge in [-0.2, -0.15) is 0 Å². The molecule has 1 aromatic rings. The molecule has 3 heteroatoms. The molecular weight excluding hydrogens is 238 g/mol. The Labute approximate surface area is 115 Å². The summed E-state index contributed by atoms with van der Waals surface area (Å²) < 4.78 is 5.61. The van der Waals surface area contributed by atoms with Crippen molar-refractivity contribution in [3.8, 4) is 5.75 Å². The van der Waals surface area contributed by atoms with E-state index < -0.39 is 0 Å². The first kappa shape index (κ1) is 13.9. The second kappa shape index (κ2) is 7.17. The van der Waals surface area contributed by atoms with E-state index in [0.717, 1.165) is 38.1 Å². The minimum atomic E-state index is 0.115. The number of carbonyl (C=O) groups excluding carboxylic acids is 1. The van der Waals surface area contributed by atoms with Gasteiger partial charge < -0.3 is 9.64 Å². The SMILES string of the molecule is CCc1cccc(OCC(=O)N2CCCCCC2)c1. The van der Waals surface area contributed by atoms with Crippen molar-refractivity contribution in [3.63, 3.8) is 0 Å². The lowest BCUT2D eigenvalue weighted by Crippen LogP contribution is -2.35. The van der Waals surface area contributed by atoms with E-state index in [4.69, 9.17) is 4.74 Å². The van der Waals surface area contributed by atoms with Gasteiger partial charge in [-0.05, 0) is 37.0 Å². The molecule has 3 nitrogen and oxygen atoms in total. The lowest BCUT2D eigenvalue weighted by molar-refractivity contribution is -0.133. The molecule has 1 saturated heterocycles. The van der Waals surface area contributed by atoms with E-state index in [9.17, 15) is 4.79 Å². The number of nitrogens with zero attached hydrogens (tertiary/aromatic N) is 1. The fourth-order valence-corrected chi connectivity index (χ4v) is 2.41. The van der Waals surface area contributed by atoms with Crippen LogP contribution in [0.4, 0.5) is 0 Å². The summed E-state index contributed by atoms with van der Waals surface area (Å²) in [7, 11) is 0. The van der Waals surface area contributed by atoms with Crippen LogP contribution in [0.5, 0.6) is 5.75 Å². The molecule has 0 saturated carbocycles. The average molecular weight is 261 g/mol. The molecule has 0 atom stereocenters. The van der Waals surface area contributed by atoms with Gasteiger partial charge in [-0.15, -0.1) is 0 Å². The van der Waals surface area contributed by atoms with Gasteiger partial charge in [0.1, 0.15) is 5.75 Å². The molecule has 1 aromatic carbocycles. The summed E-state index contributed by atoms with van der Waals surface area (Å²) >= 11 is 0. The first-order chi connectivity index (χ1) is 9.29. The lowest BCUT2D eigenvalue weighted by atomic mass is 10.2. The van der Waals surface area contributed by atoms with E-state index in [2.05, 4.69) is 13.0 Å². The quantitative estimate of drug-likeness (QED) is 0.833. The van der Waals surface area contributed by atoms with E-state index in [1.165, 1.54) is 18.4 Å². The zero-order chi connectivity index (χ0) is 13.5. The summed E-state index contributed by atoms with van der Waals surface area (Å²) in [5.41, 5.74) is 1.24. The van der Waals surface area contributed by atoms with Crippen LogP contribution in [0, 0.1) is 0 Å². The van der Waals surface area contributed by atoms with Crippen molar-refractivity contribution < 1.29 is 9.53 Å². The van der Waals surface area contributed by atoms with Gasteiger partial charge in [0.15, 0.2) is 6.61 Å². The summed E-state index contributed by atoms with van der Waals surface area (Å²) in [5.74, 6) is 0.909. The van der Waals surface area contributed by atoms with Crippen molar-refractivity contribution in [1.29, 1.82) is 0 Å². The van der Waals surface area contributed by atoms with E-state index in [1.807, 2.05) is 23.1 Å². The second-order valence-electron chi connectivity index (χ2n) is 5.08. The van der Waals surface area contributed by atoms with Gasteiger partial charge in [0.2, 0.25) is 0 Å². The monoisotopic (exact) mass is 261 g/mol. The summed E-state index contributed by atoms with van der Waals surface area (Å²) in [5, 5.41) is 0. The van der Waals surface area contributed by atoms with Crippen molar-refractivity contribution in [2.24, 2.45) is 0 Å². The Kier molecular flexibility index (Phi) is 5.25. The number of ether oxygens (including phenoxy) is 1. The fraction of sp³-hybridized carbons (Fsp3) is 0.562. The van der Waals surface area contributed by atoms with Crippen LogP contribution < -0.4 is 4.74 Å². The largest absolute Gasteiger partial charge is 0.484 e. The summed E-state index contributed by atoms with van der Waals surface area (Å²) in [6.45, 7) is 4.04. The van der Waals surface area contributed by atoms with E-state index in [-0.39, 0.29) is 12.5 Å². The molecule has 1 heterocycles. The molecule has 1 aliphatic heterocycles. The first-order valence-electron chi connectivity index (χ1n) is 7.29. The van der Waals surface area contributed by atoms with Crippen LogP contribution in [0.25, 0.3) is 0 Å². The van der Waals surface area contributed by atoms with E-state index >= 15 is 0 Å². The standard InChI is InChI=1S/C16H23NO2/c1-2-14-8-7-9-15(12-14)19-13-16(18)17-10-5-3-4-6-11-17/h7-9,12H,2-6,10-11,13H2,1H3. The van der Waals surface area contributed by atoms with Crippen molar-refractivity contribution in [2.45, 2.75) is 39.0 Å². The number of carbonyl (C=O) groups is 1. The van der Waals surface area contributed by atoms with Crippen LogP contribution in [0.15, 0.2) is 24.3 Å². The Hall–Kier alpha value is -1.51. The van der Waals surface area contributed by atoms with Crippen LogP contribution >= 0.6 is 0 Å². The Balaban J connectivity index is 1.84. The third-order valence-electron chi connectivity index (χ3n) is 3.63. The van der Waals surface area contributed by atoms with Crippen molar-refractivity contribution in [3.05, 3.63) is 29.8 Å². The van der Waals surface area contributed by atoms with Gasteiger partial charge in [0.25, 0.3) is 5.91 Å². The van der Waals surface area contributed by atoms with Gasteiger partial charge in [-0.25, -0.2) is 0 Å². The topological polar surface area (TPSA) is 29.5 Å². The number of amides is 1. The van der Waals surface area contributed by atoms with E-state index in [1.54, 1.807) is 0 Å². The molecule has 0 bridgehead atoms. The maximum Gasteiger partial charge on any atom is 0.260 e. The molecule has 0 N–H and O–H groups in total. The molecular formula is C16H23NO2. The minimum absolute atomic E-state index is 0.115. The Morgan fingerprint density at radius 2 is 1.95 bits per heavy atom. The van der Waals surface area contributed by atoms with E-state index in [0.29, 0.717) is 0 Å². The molecule has 1 aliphatic rings. The van der Waals surface area contributed by atoms with Gasteiger partial charge in [-0.1, -0.05) is 31.9 Å². The molecule has 0 aromatic heterocycles. The highest BCUT2D eigenvalue weighted by Crippen LogP contribution is 2.14. The summed E-state index contributed by atoms with van der Waals surface area (Å²) in [6, 6.07) is 7.97. The van der Waals surface area contributed by atoms with Crippen LogP contribution in [-0.2, 0) is 11.2 Å². The number of hydrogen-bond acceptors (Lipinski definition) is 2. The van der Waals surface area contributed by atoms with Crippen LogP contribution in [-0.4, -0.2) is 30.5 Å². The van der Waals surface area contributed by atoms with Crippen molar-refractivity contribution in [1.82, 2.24) is 4.90 Å². The maximum atomic E-state index is 12.1. The summed E-state index contributed by atoms with van der Waals surface area (Å²) in [4.78, 5) is 14.0. The van der Waals surface area contributed by atoms with Crippen molar-refractivity contribution >= 4 is 5.91 Å². The first-order valence-corrected chi connectivity index (χ1v) is 7.29. The van der Waals surface area contributed by atoms with Crippen LogP contribution in [0.2, 0.25) is 0 Å². The third-order valence-corrected chi connectivity index (χ3v) is 3.63. The zero-order valence-corrected chi connectivity index (χ0v) is 11.7. The Morgan fingerprint density at radius 3 is 2.63 bits per heavy atom. The van der Waals surface area contributed by atoms with Gasteiger partial charge in [0, 0.05) is 13.1 Å². The highest BCUT2D eigenvalue weighted by molar-refractivity contribution is 5.77. The predicted molar refractivity (Wildman–Crippen MR) is 76.4 cm³/mol.